The maximum atomic E-state index is 6.02. The van der Waals surface area contributed by atoms with Crippen LogP contribution in [0.3, 0.4) is 0 Å². The van der Waals surface area contributed by atoms with Gasteiger partial charge in [-0.1, -0.05) is 12.1 Å². The van der Waals surface area contributed by atoms with E-state index in [1.807, 2.05) is 31.2 Å². The van der Waals surface area contributed by atoms with Crippen LogP contribution < -0.4 is 24.3 Å². The van der Waals surface area contributed by atoms with Crippen LogP contribution in [0.2, 0.25) is 0 Å². The van der Waals surface area contributed by atoms with Gasteiger partial charge in [-0.25, -0.2) is 0 Å². The Morgan fingerprint density at radius 2 is 1.96 bits per heavy atom. The van der Waals surface area contributed by atoms with Gasteiger partial charge in [0.25, 0.3) is 0 Å². The molecule has 0 saturated heterocycles. The number of ether oxygens (including phenoxy) is 4. The Kier molecular flexibility index (Phi) is 4.89. The monoisotopic (exact) mass is 356 g/mol. The number of benzene rings is 2. The van der Waals surface area contributed by atoms with Gasteiger partial charge in [-0.05, 0) is 38.1 Å². The lowest BCUT2D eigenvalue weighted by atomic mass is 10.1. The Morgan fingerprint density at radius 1 is 1.12 bits per heavy atom. The summed E-state index contributed by atoms with van der Waals surface area (Å²) >= 11 is 0. The first-order valence-corrected chi connectivity index (χ1v) is 9.38. The molecule has 5 nitrogen and oxygen atoms in total. The molecule has 0 aliphatic carbocycles. The van der Waals surface area contributed by atoms with Gasteiger partial charge in [0.15, 0.2) is 17.6 Å². The fraction of sp³-hybridized carbons (Fsp3) is 0.429. The van der Waals surface area contributed by atoms with Crippen molar-refractivity contribution in [1.82, 2.24) is 0 Å². The Hall–Kier alpha value is -2.40. The van der Waals surface area contributed by atoms with Gasteiger partial charge in [-0.3, -0.25) is 0 Å². The highest BCUT2D eigenvalue weighted by Crippen LogP contribution is 2.35. The second kappa shape index (κ2) is 7.46. The van der Waals surface area contributed by atoms with Gasteiger partial charge in [0.1, 0.15) is 37.3 Å². The first kappa shape index (κ1) is 17.0. The molecule has 2 heterocycles. The quantitative estimate of drug-likeness (QED) is 0.863. The maximum absolute atomic E-state index is 6.02. The van der Waals surface area contributed by atoms with Gasteiger partial charge >= 0.3 is 0 Å². The number of nitrogens with two attached hydrogens (primary N) is 1. The SMILES string of the molecule is CCOc1cc2c(cc1C[NH2+]C[C@@H]1COc3ccccc3O1)O[C@H](C)C2. The van der Waals surface area contributed by atoms with Gasteiger partial charge in [-0.15, -0.1) is 0 Å². The maximum Gasteiger partial charge on any atom is 0.181 e. The molecule has 2 N–H and O–H groups in total. The van der Waals surface area contributed by atoms with E-state index in [2.05, 4.69) is 24.4 Å². The van der Waals surface area contributed by atoms with Crippen molar-refractivity contribution in [3.63, 3.8) is 0 Å². The van der Waals surface area contributed by atoms with Crippen molar-refractivity contribution in [1.29, 1.82) is 0 Å². The van der Waals surface area contributed by atoms with E-state index in [-0.39, 0.29) is 12.2 Å². The highest BCUT2D eigenvalue weighted by molar-refractivity contribution is 5.48. The molecule has 26 heavy (non-hydrogen) atoms. The van der Waals surface area contributed by atoms with Gasteiger partial charge < -0.3 is 24.3 Å². The normalized spacial score (nSPS) is 20.4. The third-order valence-corrected chi connectivity index (χ3v) is 4.74. The van der Waals surface area contributed by atoms with E-state index in [9.17, 15) is 0 Å². The van der Waals surface area contributed by atoms with Crippen molar-refractivity contribution in [2.75, 3.05) is 19.8 Å². The zero-order valence-electron chi connectivity index (χ0n) is 15.4. The molecule has 4 rings (SSSR count). The molecule has 0 unspecified atom stereocenters. The number of para-hydroxylation sites is 2. The molecule has 0 amide bonds. The minimum Gasteiger partial charge on any atom is -0.493 e. The summed E-state index contributed by atoms with van der Waals surface area (Å²) in [6.45, 7) is 7.01. The minimum absolute atomic E-state index is 0.0474. The zero-order valence-corrected chi connectivity index (χ0v) is 15.4. The lowest BCUT2D eigenvalue weighted by Gasteiger charge is -2.25. The van der Waals surface area contributed by atoms with Crippen molar-refractivity contribution in [2.24, 2.45) is 0 Å². The van der Waals surface area contributed by atoms with Gasteiger partial charge in [-0.2, -0.15) is 0 Å². The van der Waals surface area contributed by atoms with Crippen LogP contribution in [0.1, 0.15) is 25.0 Å². The summed E-state index contributed by atoms with van der Waals surface area (Å²) in [5.41, 5.74) is 2.40. The Morgan fingerprint density at radius 3 is 2.81 bits per heavy atom. The van der Waals surface area contributed by atoms with E-state index in [1.54, 1.807) is 0 Å². The Labute approximate surface area is 154 Å². The predicted molar refractivity (Wildman–Crippen MR) is 98.3 cm³/mol. The summed E-state index contributed by atoms with van der Waals surface area (Å²) in [5.74, 6) is 3.61. The molecule has 138 valence electrons. The van der Waals surface area contributed by atoms with E-state index in [0.29, 0.717) is 13.2 Å². The van der Waals surface area contributed by atoms with E-state index in [1.165, 1.54) is 5.56 Å². The molecule has 0 bridgehead atoms. The number of hydrogen-bond acceptors (Lipinski definition) is 4. The van der Waals surface area contributed by atoms with Crippen LogP contribution in [0.5, 0.6) is 23.0 Å². The molecule has 0 spiro atoms. The van der Waals surface area contributed by atoms with E-state index in [0.717, 1.165) is 48.1 Å². The van der Waals surface area contributed by atoms with Crippen molar-refractivity contribution in [2.45, 2.75) is 39.0 Å². The van der Waals surface area contributed by atoms with Crippen molar-refractivity contribution in [3.8, 4) is 23.0 Å². The first-order chi connectivity index (χ1) is 12.7. The van der Waals surface area contributed by atoms with Gasteiger partial charge in [0.2, 0.25) is 0 Å². The van der Waals surface area contributed by atoms with Crippen molar-refractivity contribution < 1.29 is 24.3 Å². The molecule has 0 radical (unpaired) electrons. The highest BCUT2D eigenvalue weighted by atomic mass is 16.6. The van der Waals surface area contributed by atoms with Crippen molar-refractivity contribution >= 4 is 0 Å². The third-order valence-electron chi connectivity index (χ3n) is 4.74. The summed E-state index contributed by atoms with van der Waals surface area (Å²) in [4.78, 5) is 0. The average molecular weight is 356 g/mol. The van der Waals surface area contributed by atoms with E-state index >= 15 is 0 Å². The molecule has 2 aromatic carbocycles. The lowest BCUT2D eigenvalue weighted by Crippen LogP contribution is -2.85. The van der Waals surface area contributed by atoms with Crippen molar-refractivity contribution in [3.05, 3.63) is 47.5 Å². The number of rotatable bonds is 6. The van der Waals surface area contributed by atoms with Crippen LogP contribution in [-0.2, 0) is 13.0 Å². The van der Waals surface area contributed by atoms with Crippen LogP contribution in [0, 0.1) is 0 Å². The fourth-order valence-electron chi connectivity index (χ4n) is 3.53. The van der Waals surface area contributed by atoms with E-state index < -0.39 is 0 Å². The van der Waals surface area contributed by atoms with Crippen LogP contribution in [-0.4, -0.2) is 32.0 Å². The predicted octanol–water partition coefficient (Wildman–Crippen LogP) is 2.31. The van der Waals surface area contributed by atoms with Crippen LogP contribution in [0.25, 0.3) is 0 Å². The largest absolute Gasteiger partial charge is 0.493 e. The molecule has 0 fully saturated rings. The second-order valence-electron chi connectivity index (χ2n) is 6.86. The van der Waals surface area contributed by atoms with Gasteiger partial charge in [0, 0.05) is 12.0 Å². The summed E-state index contributed by atoms with van der Waals surface area (Å²) in [6.07, 6.45) is 1.24. The topological polar surface area (TPSA) is 53.5 Å². The molecule has 0 aromatic heterocycles. The molecular weight excluding hydrogens is 330 g/mol. The lowest BCUT2D eigenvalue weighted by molar-refractivity contribution is -0.676. The van der Waals surface area contributed by atoms with Crippen LogP contribution in [0.15, 0.2) is 36.4 Å². The summed E-state index contributed by atoms with van der Waals surface area (Å²) < 4.78 is 23.6. The smallest absolute Gasteiger partial charge is 0.181 e. The fourth-order valence-corrected chi connectivity index (χ4v) is 3.53. The average Bonchev–Trinajstić information content (AvgIpc) is 3.01. The molecule has 0 saturated carbocycles. The summed E-state index contributed by atoms with van der Waals surface area (Å²) in [7, 11) is 0. The first-order valence-electron chi connectivity index (χ1n) is 9.38. The van der Waals surface area contributed by atoms with Crippen LogP contribution >= 0.6 is 0 Å². The number of fused-ring (bicyclic) bond motifs is 2. The zero-order chi connectivity index (χ0) is 17.9. The van der Waals surface area contributed by atoms with E-state index in [4.69, 9.17) is 18.9 Å². The number of hydrogen-bond donors (Lipinski definition) is 1. The summed E-state index contributed by atoms with van der Waals surface area (Å²) in [6, 6.07) is 12.1. The molecular formula is C21H26NO4+. The minimum atomic E-state index is 0.0474. The Bertz CT molecular complexity index is 777. The third kappa shape index (κ3) is 3.58. The molecule has 5 heteroatoms. The highest BCUT2D eigenvalue weighted by Gasteiger charge is 2.24. The Balaban J connectivity index is 1.38. The van der Waals surface area contributed by atoms with Crippen LogP contribution in [0.4, 0.5) is 0 Å². The second-order valence-corrected chi connectivity index (χ2v) is 6.86. The van der Waals surface area contributed by atoms with Gasteiger partial charge in [0.05, 0.1) is 12.2 Å². The standard InChI is InChI=1S/C21H25NO4/c1-3-23-20-9-15-8-14(2)25-21(15)10-16(20)11-22-12-17-13-24-18-6-4-5-7-19(18)26-17/h4-7,9-10,14,17,22H,3,8,11-13H2,1-2H3/p+1/t14-,17-/m1/s1. The number of quaternary nitrogens is 1. The molecule has 2 aliphatic heterocycles. The molecule has 2 aromatic rings. The molecule has 2 aliphatic rings. The molecule has 2 atom stereocenters. The summed E-state index contributed by atoms with van der Waals surface area (Å²) in [5, 5.41) is 2.24.